The lowest BCUT2D eigenvalue weighted by atomic mass is 9.49. The summed E-state index contributed by atoms with van der Waals surface area (Å²) in [6.07, 6.45) is 5.20. The average Bonchev–Trinajstić information content (AvgIpc) is 2.63. The van der Waals surface area contributed by atoms with Gasteiger partial charge in [0.1, 0.15) is 0 Å². The van der Waals surface area contributed by atoms with Crippen LogP contribution >= 0.6 is 11.6 Å². The highest BCUT2D eigenvalue weighted by molar-refractivity contribution is 6.30. The summed E-state index contributed by atoms with van der Waals surface area (Å²) in [4.78, 5) is 2.46. The Morgan fingerprint density at radius 1 is 0.962 bits per heavy atom. The molecule has 0 spiro atoms. The first-order valence-electron chi connectivity index (χ1n) is 9.66. The fraction of sp³-hybridized carbons (Fsp3) is 0.417. The highest BCUT2D eigenvalue weighted by Crippen LogP contribution is 2.59. The number of fused-ring (bicyclic) bond motifs is 1. The number of allylic oxidation sites excluding steroid dienone is 1. The molecule has 2 aromatic rings. The van der Waals surface area contributed by atoms with Gasteiger partial charge in [-0.2, -0.15) is 0 Å². The molecule has 2 aromatic carbocycles. The normalized spacial score (nSPS) is 23.5. The van der Waals surface area contributed by atoms with Crippen LogP contribution in [-0.4, -0.2) is 18.5 Å². The molecular weight excluding hydrogens is 338 g/mol. The van der Waals surface area contributed by atoms with E-state index in [1.54, 1.807) is 5.57 Å². The first-order chi connectivity index (χ1) is 12.4. The molecule has 0 aliphatic heterocycles. The number of nitrogens with zero attached hydrogens (tertiary/aromatic N) is 1. The largest absolute Gasteiger partial charge is 0.298 e. The van der Waals surface area contributed by atoms with Crippen LogP contribution in [-0.2, 0) is 6.54 Å². The zero-order valence-corrected chi connectivity index (χ0v) is 16.8. The van der Waals surface area contributed by atoms with Gasteiger partial charge in [0.15, 0.2) is 0 Å². The van der Waals surface area contributed by atoms with E-state index in [1.807, 2.05) is 12.1 Å². The summed E-state index contributed by atoms with van der Waals surface area (Å²) in [5.74, 6) is 1.72. The molecular formula is C24H28ClN. The SMILES string of the molecule is CN(CC1=CC[C@H]2C[C@@H]1C2(C)C)Cc1ccc(-c2ccc(Cl)cc2)cc1. The third-order valence-corrected chi connectivity index (χ3v) is 6.87. The van der Waals surface area contributed by atoms with Crippen molar-refractivity contribution in [3.05, 3.63) is 70.8 Å². The molecule has 0 N–H and O–H groups in total. The lowest BCUT2D eigenvalue weighted by Crippen LogP contribution is -2.49. The number of benzene rings is 2. The molecule has 26 heavy (non-hydrogen) atoms. The van der Waals surface area contributed by atoms with E-state index < -0.39 is 0 Å². The zero-order valence-electron chi connectivity index (χ0n) is 16.0. The molecule has 2 bridgehead atoms. The van der Waals surface area contributed by atoms with Crippen molar-refractivity contribution in [2.24, 2.45) is 17.3 Å². The maximum Gasteiger partial charge on any atom is 0.0406 e. The summed E-state index contributed by atoms with van der Waals surface area (Å²) in [6, 6.07) is 17.0. The second kappa shape index (κ2) is 6.87. The number of halogens is 1. The van der Waals surface area contributed by atoms with Crippen molar-refractivity contribution in [3.63, 3.8) is 0 Å². The summed E-state index contributed by atoms with van der Waals surface area (Å²) in [5, 5.41) is 0.782. The molecule has 1 nitrogen and oxygen atoms in total. The van der Waals surface area contributed by atoms with Crippen molar-refractivity contribution in [3.8, 4) is 11.1 Å². The van der Waals surface area contributed by atoms with E-state index >= 15 is 0 Å². The smallest absolute Gasteiger partial charge is 0.0406 e. The summed E-state index contributed by atoms with van der Waals surface area (Å²) in [7, 11) is 2.24. The van der Waals surface area contributed by atoms with Crippen LogP contribution in [0.1, 0.15) is 32.3 Å². The van der Waals surface area contributed by atoms with Gasteiger partial charge < -0.3 is 0 Å². The van der Waals surface area contributed by atoms with Gasteiger partial charge in [-0.05, 0) is 66.0 Å². The maximum absolute atomic E-state index is 5.98. The molecule has 2 heteroatoms. The van der Waals surface area contributed by atoms with E-state index in [4.69, 9.17) is 11.6 Å². The van der Waals surface area contributed by atoms with Gasteiger partial charge in [0.05, 0.1) is 0 Å². The van der Waals surface area contributed by atoms with Crippen molar-refractivity contribution < 1.29 is 0 Å². The monoisotopic (exact) mass is 365 g/mol. The van der Waals surface area contributed by atoms with Crippen molar-refractivity contribution in [2.75, 3.05) is 13.6 Å². The van der Waals surface area contributed by atoms with Gasteiger partial charge >= 0.3 is 0 Å². The average molecular weight is 366 g/mol. The number of rotatable bonds is 5. The Kier molecular flexibility index (Phi) is 4.71. The molecule has 0 saturated heterocycles. The minimum absolute atomic E-state index is 0.519. The molecule has 2 atom stereocenters. The van der Waals surface area contributed by atoms with Crippen LogP contribution in [0.3, 0.4) is 0 Å². The van der Waals surface area contributed by atoms with Crippen LogP contribution < -0.4 is 0 Å². The van der Waals surface area contributed by atoms with E-state index in [1.165, 1.54) is 29.5 Å². The van der Waals surface area contributed by atoms with Crippen LogP contribution in [0.25, 0.3) is 11.1 Å². The lowest BCUT2D eigenvalue weighted by molar-refractivity contribution is -0.0101. The minimum atomic E-state index is 0.519. The molecule has 0 heterocycles. The van der Waals surface area contributed by atoms with E-state index in [9.17, 15) is 0 Å². The fourth-order valence-electron chi connectivity index (χ4n) is 4.78. The predicted molar refractivity (Wildman–Crippen MR) is 111 cm³/mol. The zero-order chi connectivity index (χ0) is 18.3. The molecule has 0 unspecified atom stereocenters. The van der Waals surface area contributed by atoms with Crippen molar-refractivity contribution in [1.82, 2.24) is 4.90 Å². The molecule has 1 saturated carbocycles. The molecule has 1 fully saturated rings. The van der Waals surface area contributed by atoms with Crippen LogP contribution in [0, 0.1) is 17.3 Å². The first kappa shape index (κ1) is 17.8. The maximum atomic E-state index is 5.98. The molecule has 0 radical (unpaired) electrons. The fourth-order valence-corrected chi connectivity index (χ4v) is 4.91. The Labute approximate surface area is 162 Å². The van der Waals surface area contributed by atoms with Crippen LogP contribution in [0.2, 0.25) is 5.02 Å². The molecule has 5 rings (SSSR count). The van der Waals surface area contributed by atoms with Crippen molar-refractivity contribution >= 4 is 11.6 Å². The third-order valence-electron chi connectivity index (χ3n) is 6.62. The lowest BCUT2D eigenvalue weighted by Gasteiger charge is -2.57. The molecule has 3 aliphatic rings. The number of hydrogen-bond donors (Lipinski definition) is 0. The van der Waals surface area contributed by atoms with Gasteiger partial charge in [-0.3, -0.25) is 4.90 Å². The van der Waals surface area contributed by atoms with Gasteiger partial charge in [-0.15, -0.1) is 0 Å². The van der Waals surface area contributed by atoms with Gasteiger partial charge in [0.2, 0.25) is 0 Å². The van der Waals surface area contributed by atoms with Crippen molar-refractivity contribution in [2.45, 2.75) is 33.2 Å². The highest BCUT2D eigenvalue weighted by Gasteiger charge is 2.50. The number of hydrogen-bond acceptors (Lipinski definition) is 1. The Bertz CT molecular complexity index is 801. The Balaban J connectivity index is 1.38. The highest BCUT2D eigenvalue weighted by atomic mass is 35.5. The summed E-state index contributed by atoms with van der Waals surface area (Å²) < 4.78 is 0. The Hall–Kier alpha value is -1.57. The van der Waals surface area contributed by atoms with E-state index in [-0.39, 0.29) is 0 Å². The third kappa shape index (κ3) is 3.35. The Morgan fingerprint density at radius 3 is 2.15 bits per heavy atom. The summed E-state index contributed by atoms with van der Waals surface area (Å²) in [5.41, 5.74) is 6.00. The summed E-state index contributed by atoms with van der Waals surface area (Å²) in [6.45, 7) is 7.00. The standard InChI is InChI=1S/C24H28ClN/c1-24(2)21-11-8-20(23(24)14-21)16-26(3)15-17-4-6-18(7-5-17)19-9-12-22(25)13-10-19/h4-10,12-13,21,23H,11,14-16H2,1-3H3/t21-,23-/m0/s1. The first-order valence-corrected chi connectivity index (χ1v) is 10.0. The van der Waals surface area contributed by atoms with Crippen molar-refractivity contribution in [1.29, 1.82) is 0 Å². The van der Waals surface area contributed by atoms with Gasteiger partial charge in [-0.25, -0.2) is 0 Å². The van der Waals surface area contributed by atoms with Crippen LogP contribution in [0.15, 0.2) is 60.2 Å². The predicted octanol–water partition coefficient (Wildman–Crippen LogP) is 6.43. The molecule has 0 aromatic heterocycles. The second-order valence-electron chi connectivity index (χ2n) is 8.70. The molecule has 136 valence electrons. The number of likely N-dealkylation sites (N-methyl/N-ethyl adjacent to an activating group) is 1. The Morgan fingerprint density at radius 2 is 1.58 bits per heavy atom. The van der Waals surface area contributed by atoms with Gasteiger partial charge in [0.25, 0.3) is 0 Å². The molecule has 3 aliphatic carbocycles. The van der Waals surface area contributed by atoms with Crippen LogP contribution in [0.4, 0.5) is 0 Å². The van der Waals surface area contributed by atoms with Gasteiger partial charge in [0, 0.05) is 18.1 Å². The van der Waals surface area contributed by atoms with E-state index in [0.717, 1.165) is 29.9 Å². The second-order valence-corrected chi connectivity index (χ2v) is 9.13. The van der Waals surface area contributed by atoms with E-state index in [0.29, 0.717) is 5.41 Å². The topological polar surface area (TPSA) is 3.24 Å². The minimum Gasteiger partial charge on any atom is -0.298 e. The quantitative estimate of drug-likeness (QED) is 0.551. The van der Waals surface area contributed by atoms with Gasteiger partial charge in [-0.1, -0.05) is 73.5 Å². The summed E-state index contributed by atoms with van der Waals surface area (Å²) >= 11 is 5.98. The van der Waals surface area contributed by atoms with Crippen LogP contribution in [0.5, 0.6) is 0 Å². The van der Waals surface area contributed by atoms with E-state index in [2.05, 4.69) is 68.3 Å². The molecule has 0 amide bonds.